The second kappa shape index (κ2) is 4.67. The summed E-state index contributed by atoms with van der Waals surface area (Å²) in [5.41, 5.74) is 1.17. The van der Waals surface area contributed by atoms with Gasteiger partial charge in [-0.15, -0.1) is 6.58 Å². The van der Waals surface area contributed by atoms with E-state index in [2.05, 4.69) is 23.6 Å². The van der Waals surface area contributed by atoms with Gasteiger partial charge in [-0.1, -0.05) is 37.5 Å². The van der Waals surface area contributed by atoms with E-state index in [0.717, 1.165) is 31.4 Å². The molecule has 2 nitrogen and oxygen atoms in total. The van der Waals surface area contributed by atoms with E-state index in [-0.39, 0.29) is 11.5 Å². The SMILES string of the molecule is C=C(C)CC(C)C(=O)N1CC=CC12CCCC2. The monoisotopic (exact) mass is 233 g/mol. The van der Waals surface area contributed by atoms with E-state index in [4.69, 9.17) is 0 Å². The molecule has 1 spiro atoms. The quantitative estimate of drug-likeness (QED) is 0.685. The smallest absolute Gasteiger partial charge is 0.226 e. The highest BCUT2D eigenvalue weighted by Crippen LogP contribution is 2.40. The van der Waals surface area contributed by atoms with Gasteiger partial charge in [0.2, 0.25) is 5.91 Å². The molecule has 1 aliphatic carbocycles. The number of hydrogen-bond donors (Lipinski definition) is 0. The van der Waals surface area contributed by atoms with Gasteiger partial charge in [0.15, 0.2) is 0 Å². The average Bonchev–Trinajstić information content (AvgIpc) is 2.88. The Balaban J connectivity index is 2.07. The molecule has 1 heterocycles. The zero-order valence-electron chi connectivity index (χ0n) is 11.0. The van der Waals surface area contributed by atoms with Crippen LogP contribution in [-0.4, -0.2) is 22.9 Å². The summed E-state index contributed by atoms with van der Waals surface area (Å²) >= 11 is 0. The van der Waals surface area contributed by atoms with E-state index < -0.39 is 0 Å². The minimum absolute atomic E-state index is 0.0699. The summed E-state index contributed by atoms with van der Waals surface area (Å²) < 4.78 is 0. The van der Waals surface area contributed by atoms with Crippen molar-refractivity contribution in [3.8, 4) is 0 Å². The molecule has 2 rings (SSSR count). The molecule has 1 saturated carbocycles. The fourth-order valence-corrected chi connectivity index (χ4v) is 3.26. The molecule has 17 heavy (non-hydrogen) atoms. The van der Waals surface area contributed by atoms with Crippen LogP contribution in [0.1, 0.15) is 46.0 Å². The number of allylic oxidation sites excluding steroid dienone is 1. The largest absolute Gasteiger partial charge is 0.330 e. The highest BCUT2D eigenvalue weighted by atomic mass is 16.2. The second-order valence-electron chi connectivity index (χ2n) is 5.72. The topological polar surface area (TPSA) is 20.3 Å². The molecule has 0 aromatic heterocycles. The van der Waals surface area contributed by atoms with Crippen LogP contribution in [0.3, 0.4) is 0 Å². The average molecular weight is 233 g/mol. The van der Waals surface area contributed by atoms with Gasteiger partial charge < -0.3 is 4.90 Å². The Morgan fingerprint density at radius 3 is 2.71 bits per heavy atom. The van der Waals surface area contributed by atoms with Crippen LogP contribution in [-0.2, 0) is 4.79 Å². The maximum atomic E-state index is 12.5. The molecular weight excluding hydrogens is 210 g/mol. The molecule has 1 aliphatic heterocycles. The molecule has 0 saturated heterocycles. The van der Waals surface area contributed by atoms with Gasteiger partial charge in [0.25, 0.3) is 0 Å². The number of carbonyl (C=O) groups is 1. The Morgan fingerprint density at radius 2 is 2.12 bits per heavy atom. The summed E-state index contributed by atoms with van der Waals surface area (Å²) in [6.07, 6.45) is 10.0. The molecule has 94 valence electrons. The van der Waals surface area contributed by atoms with Crippen LogP contribution < -0.4 is 0 Å². The molecule has 0 bridgehead atoms. The number of hydrogen-bond acceptors (Lipinski definition) is 1. The van der Waals surface area contributed by atoms with Crippen LogP contribution in [0.5, 0.6) is 0 Å². The minimum Gasteiger partial charge on any atom is -0.330 e. The van der Waals surface area contributed by atoms with Crippen LogP contribution >= 0.6 is 0 Å². The summed E-state index contributed by atoms with van der Waals surface area (Å²) in [7, 11) is 0. The molecule has 1 amide bonds. The number of nitrogens with zero attached hydrogens (tertiary/aromatic N) is 1. The lowest BCUT2D eigenvalue weighted by atomic mass is 9.94. The van der Waals surface area contributed by atoms with E-state index >= 15 is 0 Å². The molecule has 0 aromatic rings. The van der Waals surface area contributed by atoms with Gasteiger partial charge >= 0.3 is 0 Å². The first-order chi connectivity index (χ1) is 8.05. The number of carbonyl (C=O) groups excluding carboxylic acids is 1. The predicted octanol–water partition coefficient (Wildman–Crippen LogP) is 3.30. The van der Waals surface area contributed by atoms with Gasteiger partial charge in [0.1, 0.15) is 0 Å². The third-order valence-electron chi connectivity index (χ3n) is 4.07. The van der Waals surface area contributed by atoms with E-state index in [1.54, 1.807) is 0 Å². The third-order valence-corrected chi connectivity index (χ3v) is 4.07. The normalized spacial score (nSPS) is 23.3. The molecule has 2 heteroatoms. The fourth-order valence-electron chi connectivity index (χ4n) is 3.26. The first-order valence-corrected chi connectivity index (χ1v) is 6.69. The minimum atomic E-state index is 0.0699. The summed E-state index contributed by atoms with van der Waals surface area (Å²) in [5, 5.41) is 0. The molecule has 1 fully saturated rings. The Kier molecular flexibility index (Phi) is 3.41. The summed E-state index contributed by atoms with van der Waals surface area (Å²) in [6, 6.07) is 0. The summed E-state index contributed by atoms with van der Waals surface area (Å²) in [6.45, 7) is 8.73. The fraction of sp³-hybridized carbons (Fsp3) is 0.667. The van der Waals surface area contributed by atoms with E-state index in [1.807, 2.05) is 13.8 Å². The van der Waals surface area contributed by atoms with Crippen LogP contribution in [0.4, 0.5) is 0 Å². The van der Waals surface area contributed by atoms with Crippen molar-refractivity contribution in [3.05, 3.63) is 24.3 Å². The van der Waals surface area contributed by atoms with Crippen LogP contribution in [0.15, 0.2) is 24.3 Å². The van der Waals surface area contributed by atoms with Gasteiger partial charge in [0.05, 0.1) is 5.54 Å². The molecule has 2 aliphatic rings. The zero-order chi connectivity index (χ0) is 12.5. The van der Waals surface area contributed by atoms with E-state index in [0.29, 0.717) is 5.91 Å². The highest BCUT2D eigenvalue weighted by Gasteiger charge is 2.42. The molecular formula is C15H23NO. The Bertz CT molecular complexity index is 350. The molecule has 0 radical (unpaired) electrons. The maximum Gasteiger partial charge on any atom is 0.226 e. The molecule has 0 aromatic carbocycles. The van der Waals surface area contributed by atoms with Crippen LogP contribution in [0.25, 0.3) is 0 Å². The van der Waals surface area contributed by atoms with Crippen molar-refractivity contribution >= 4 is 5.91 Å². The van der Waals surface area contributed by atoms with Gasteiger partial charge in [-0.05, 0) is 26.2 Å². The van der Waals surface area contributed by atoms with Gasteiger partial charge in [0, 0.05) is 12.5 Å². The van der Waals surface area contributed by atoms with Crippen LogP contribution in [0, 0.1) is 5.92 Å². The van der Waals surface area contributed by atoms with Crippen molar-refractivity contribution < 1.29 is 4.79 Å². The second-order valence-corrected chi connectivity index (χ2v) is 5.72. The number of amides is 1. The standard InChI is InChI=1S/C15H23NO/c1-12(2)11-13(3)14(17)16-10-6-9-15(16)7-4-5-8-15/h6,9,13H,1,4-5,7-8,10-11H2,2-3H3. The first-order valence-electron chi connectivity index (χ1n) is 6.69. The summed E-state index contributed by atoms with van der Waals surface area (Å²) in [4.78, 5) is 14.6. The van der Waals surface area contributed by atoms with Crippen molar-refractivity contribution in [2.45, 2.75) is 51.5 Å². The van der Waals surface area contributed by atoms with Gasteiger partial charge in [-0.2, -0.15) is 0 Å². The molecule has 1 unspecified atom stereocenters. The lowest BCUT2D eigenvalue weighted by Crippen LogP contribution is -2.47. The van der Waals surface area contributed by atoms with Crippen molar-refractivity contribution in [1.82, 2.24) is 4.90 Å². The van der Waals surface area contributed by atoms with Crippen molar-refractivity contribution in [1.29, 1.82) is 0 Å². The van der Waals surface area contributed by atoms with Gasteiger partial charge in [-0.25, -0.2) is 0 Å². The highest BCUT2D eigenvalue weighted by molar-refractivity contribution is 5.80. The van der Waals surface area contributed by atoms with Crippen LogP contribution in [0.2, 0.25) is 0 Å². The third kappa shape index (κ3) is 2.31. The van der Waals surface area contributed by atoms with Crippen molar-refractivity contribution in [2.24, 2.45) is 5.92 Å². The van der Waals surface area contributed by atoms with E-state index in [9.17, 15) is 4.79 Å². The van der Waals surface area contributed by atoms with Crippen molar-refractivity contribution in [3.63, 3.8) is 0 Å². The van der Waals surface area contributed by atoms with Crippen molar-refractivity contribution in [2.75, 3.05) is 6.54 Å². The Labute approximate surface area is 104 Å². The van der Waals surface area contributed by atoms with E-state index in [1.165, 1.54) is 12.8 Å². The molecule has 1 atom stereocenters. The predicted molar refractivity (Wildman–Crippen MR) is 70.6 cm³/mol. The lowest BCUT2D eigenvalue weighted by molar-refractivity contribution is -0.138. The first kappa shape index (κ1) is 12.4. The van der Waals surface area contributed by atoms with Gasteiger partial charge in [-0.3, -0.25) is 4.79 Å². The zero-order valence-corrected chi connectivity index (χ0v) is 11.0. The number of rotatable bonds is 3. The summed E-state index contributed by atoms with van der Waals surface area (Å²) in [5.74, 6) is 0.379. The molecule has 0 N–H and O–H groups in total. The lowest BCUT2D eigenvalue weighted by Gasteiger charge is -2.36. The Hall–Kier alpha value is -1.05. The Morgan fingerprint density at radius 1 is 1.47 bits per heavy atom. The maximum absolute atomic E-state index is 12.5.